The minimum Gasteiger partial charge on any atom is -0.493 e. The van der Waals surface area contributed by atoms with Crippen molar-refractivity contribution in [1.29, 1.82) is 0 Å². The Kier molecular flexibility index (Phi) is 6.23. The van der Waals surface area contributed by atoms with Crippen LogP contribution in [0.25, 0.3) is 0 Å². The lowest BCUT2D eigenvalue weighted by atomic mass is 9.46. The van der Waals surface area contributed by atoms with Gasteiger partial charge < -0.3 is 4.74 Å². The lowest BCUT2D eigenvalue weighted by molar-refractivity contribution is -0.119. The first-order valence-electron chi connectivity index (χ1n) is 11.5. The normalized spacial score (nSPS) is 32.9. The van der Waals surface area contributed by atoms with Crippen molar-refractivity contribution < 1.29 is 14.3 Å². The van der Waals surface area contributed by atoms with Gasteiger partial charge >= 0.3 is 0 Å². The molecule has 32 heavy (non-hydrogen) atoms. The molecule has 0 N–H and O–H groups in total. The van der Waals surface area contributed by atoms with E-state index >= 15 is 0 Å². The number of carbonyl (C=O) groups excluding carboxylic acids is 2. The highest BCUT2D eigenvalue weighted by atomic mass is 32.2. The average Bonchev–Trinajstić information content (AvgIpc) is 2.78. The third kappa shape index (κ3) is 3.79. The van der Waals surface area contributed by atoms with E-state index in [2.05, 4.69) is 38.8 Å². The first-order chi connectivity index (χ1) is 15.2. The van der Waals surface area contributed by atoms with Gasteiger partial charge in [0.05, 0.1) is 12.0 Å². The van der Waals surface area contributed by atoms with Gasteiger partial charge in [-0.25, -0.2) is 4.98 Å². The Bertz CT molecular complexity index is 1020. The second kappa shape index (κ2) is 8.66. The number of ether oxygens (including phenoxy) is 1. The van der Waals surface area contributed by atoms with Crippen LogP contribution in [0.4, 0.5) is 0 Å². The Morgan fingerprint density at radius 3 is 2.69 bits per heavy atom. The minimum absolute atomic E-state index is 0.0834. The Morgan fingerprint density at radius 2 is 2.00 bits per heavy atom. The van der Waals surface area contributed by atoms with Crippen LogP contribution in [-0.4, -0.2) is 23.7 Å². The summed E-state index contributed by atoms with van der Waals surface area (Å²) in [6, 6.07) is 5.62. The number of aromatic nitrogens is 1. The zero-order valence-electron chi connectivity index (χ0n) is 19.7. The first kappa shape index (κ1) is 23.0. The first-order valence-corrected chi connectivity index (χ1v) is 12.4. The van der Waals surface area contributed by atoms with E-state index in [0.717, 1.165) is 24.3 Å². The number of rotatable bonds is 5. The van der Waals surface area contributed by atoms with Gasteiger partial charge in [-0.05, 0) is 73.8 Å². The van der Waals surface area contributed by atoms with Crippen LogP contribution in [-0.2, 0) is 14.3 Å². The molecule has 1 heterocycles. The van der Waals surface area contributed by atoms with Gasteiger partial charge in [0.15, 0.2) is 11.5 Å². The summed E-state index contributed by atoms with van der Waals surface area (Å²) < 4.78 is 5.32. The molecule has 0 aliphatic heterocycles. The van der Waals surface area contributed by atoms with Gasteiger partial charge in [-0.15, -0.1) is 0 Å². The monoisotopic (exact) mass is 451 g/mol. The quantitative estimate of drug-likeness (QED) is 0.388. The Hall–Kier alpha value is -2.14. The number of carbonyl (C=O) groups is 2. The maximum Gasteiger partial charge on any atom is 0.224 e. The molecule has 3 aliphatic rings. The number of ketones is 2. The van der Waals surface area contributed by atoms with E-state index in [1.54, 1.807) is 6.20 Å². The molecule has 4 atom stereocenters. The number of allylic oxidation sites excluding steroid dienone is 5. The van der Waals surface area contributed by atoms with Crippen LogP contribution in [0, 0.1) is 22.7 Å². The molecule has 0 radical (unpaired) electrons. The highest BCUT2D eigenvalue weighted by molar-refractivity contribution is 8.04. The second-order valence-corrected chi connectivity index (χ2v) is 11.1. The highest BCUT2D eigenvalue weighted by Crippen LogP contribution is 2.62. The van der Waals surface area contributed by atoms with Gasteiger partial charge in [0, 0.05) is 17.8 Å². The van der Waals surface area contributed by atoms with Crippen molar-refractivity contribution >= 4 is 23.3 Å². The number of nitrogens with zero attached hydrogens (tertiary/aromatic N) is 1. The molecule has 0 unspecified atom stereocenters. The van der Waals surface area contributed by atoms with E-state index in [1.165, 1.54) is 36.9 Å². The molecule has 4 rings (SSSR count). The van der Waals surface area contributed by atoms with E-state index in [0.29, 0.717) is 28.7 Å². The van der Waals surface area contributed by atoms with Crippen molar-refractivity contribution in [2.45, 2.75) is 64.8 Å². The van der Waals surface area contributed by atoms with Crippen LogP contribution in [0.5, 0.6) is 0 Å². The molecule has 5 heteroatoms. The Balaban J connectivity index is 1.78. The van der Waals surface area contributed by atoms with E-state index in [-0.39, 0.29) is 28.2 Å². The van der Waals surface area contributed by atoms with Crippen LogP contribution in [0.15, 0.2) is 63.4 Å². The topological polar surface area (TPSA) is 56.3 Å². The Labute approximate surface area is 195 Å². The molecule has 0 bridgehead atoms. The summed E-state index contributed by atoms with van der Waals surface area (Å²) in [7, 11) is 1.46. The predicted molar refractivity (Wildman–Crippen MR) is 128 cm³/mol. The summed E-state index contributed by atoms with van der Waals surface area (Å²) in [6.45, 7) is 9.34. The van der Waals surface area contributed by atoms with Gasteiger partial charge in [0.25, 0.3) is 0 Å². The number of methoxy groups -OCH3 is 1. The van der Waals surface area contributed by atoms with E-state index in [9.17, 15) is 9.59 Å². The summed E-state index contributed by atoms with van der Waals surface area (Å²) in [5.74, 6) is 0.748. The van der Waals surface area contributed by atoms with Crippen LogP contribution in [0.1, 0.15) is 59.8 Å². The van der Waals surface area contributed by atoms with Gasteiger partial charge in [-0.1, -0.05) is 50.2 Å². The summed E-state index contributed by atoms with van der Waals surface area (Å²) in [5, 5.41) is 0.721. The lowest BCUT2D eigenvalue weighted by Gasteiger charge is -2.58. The Morgan fingerprint density at radius 1 is 1.22 bits per heavy atom. The molecule has 0 saturated heterocycles. The predicted octanol–water partition coefficient (Wildman–Crippen LogP) is 6.30. The van der Waals surface area contributed by atoms with Gasteiger partial charge in [-0.3, -0.25) is 9.59 Å². The van der Waals surface area contributed by atoms with Gasteiger partial charge in [0.1, 0.15) is 5.03 Å². The van der Waals surface area contributed by atoms with E-state index in [1.807, 2.05) is 18.2 Å². The van der Waals surface area contributed by atoms with Crippen molar-refractivity contribution in [2.75, 3.05) is 7.11 Å². The van der Waals surface area contributed by atoms with Crippen LogP contribution >= 0.6 is 11.8 Å². The molecular formula is C27H33NO3S. The SMILES string of the molecule is COC1=CC(=O)C(Sc2ccccn2)=C(C[C@]2(C)[C@@H](C)CC[C@]3(C)C(C)=CCC[C@@H]23)C1=O. The second-order valence-electron chi connectivity index (χ2n) is 10.0. The van der Waals surface area contributed by atoms with E-state index in [4.69, 9.17) is 4.74 Å². The summed E-state index contributed by atoms with van der Waals surface area (Å²) in [4.78, 5) is 31.5. The molecule has 1 aromatic rings. The van der Waals surface area contributed by atoms with Crippen molar-refractivity contribution in [2.24, 2.45) is 22.7 Å². The number of fused-ring (bicyclic) bond motifs is 1. The standard InChI is InChI=1S/C27H33NO3S/c1-17-9-8-10-22-26(17,3)13-12-18(2)27(22,4)16-19-24(30)21(31-5)15-20(29)25(19)32-23-11-6-7-14-28-23/h6-7,9,11,14-15,18,22H,8,10,12-13,16H2,1-5H3/t18-,22+,26+,27+/m0/s1. The molecule has 0 aromatic carbocycles. The molecule has 0 spiro atoms. The number of Topliss-reactive ketones (excluding diaryl/α,β-unsaturated/α-hetero) is 1. The number of hydrogen-bond acceptors (Lipinski definition) is 5. The molecule has 1 saturated carbocycles. The van der Waals surface area contributed by atoms with Gasteiger partial charge in [0.2, 0.25) is 5.78 Å². The number of pyridine rings is 1. The third-order valence-corrected chi connectivity index (χ3v) is 9.58. The lowest BCUT2D eigenvalue weighted by Crippen LogP contribution is -2.50. The average molecular weight is 452 g/mol. The fourth-order valence-corrected chi connectivity index (χ4v) is 7.09. The summed E-state index contributed by atoms with van der Waals surface area (Å²) in [6.07, 6.45) is 10.5. The fraction of sp³-hybridized carbons (Fsp3) is 0.519. The summed E-state index contributed by atoms with van der Waals surface area (Å²) >= 11 is 1.30. The van der Waals surface area contributed by atoms with Crippen LogP contribution in [0.2, 0.25) is 0 Å². The van der Waals surface area contributed by atoms with Crippen LogP contribution < -0.4 is 0 Å². The van der Waals surface area contributed by atoms with Gasteiger partial charge in [-0.2, -0.15) is 0 Å². The van der Waals surface area contributed by atoms with Crippen molar-refractivity contribution in [3.05, 3.63) is 58.4 Å². The number of hydrogen-bond donors (Lipinski definition) is 0. The summed E-state index contributed by atoms with van der Waals surface area (Å²) in [5.41, 5.74) is 2.14. The third-order valence-electron chi connectivity index (χ3n) is 8.47. The van der Waals surface area contributed by atoms with Crippen molar-refractivity contribution in [3.63, 3.8) is 0 Å². The molecular weight excluding hydrogens is 418 g/mol. The smallest absolute Gasteiger partial charge is 0.224 e. The van der Waals surface area contributed by atoms with Crippen molar-refractivity contribution in [3.8, 4) is 0 Å². The highest BCUT2D eigenvalue weighted by Gasteiger charge is 2.54. The number of thioether (sulfide) groups is 1. The largest absolute Gasteiger partial charge is 0.493 e. The molecule has 1 fully saturated rings. The minimum atomic E-state index is -0.165. The molecule has 0 amide bonds. The maximum absolute atomic E-state index is 13.5. The van der Waals surface area contributed by atoms with E-state index < -0.39 is 0 Å². The maximum atomic E-state index is 13.5. The fourth-order valence-electron chi connectivity index (χ4n) is 6.18. The molecule has 1 aromatic heterocycles. The molecule has 170 valence electrons. The van der Waals surface area contributed by atoms with Crippen molar-refractivity contribution in [1.82, 2.24) is 4.98 Å². The van der Waals surface area contributed by atoms with Crippen LogP contribution in [0.3, 0.4) is 0 Å². The zero-order valence-corrected chi connectivity index (χ0v) is 20.6. The zero-order chi connectivity index (χ0) is 23.1. The molecule has 4 nitrogen and oxygen atoms in total. The molecule has 3 aliphatic carbocycles.